The zero-order chi connectivity index (χ0) is 15.1. The molecule has 5 nitrogen and oxygen atoms in total. The molecule has 1 aliphatic carbocycles. The van der Waals surface area contributed by atoms with Crippen molar-refractivity contribution in [2.75, 3.05) is 4.90 Å². The molecule has 1 fully saturated rings. The number of hydrogen-bond acceptors (Lipinski definition) is 3. The van der Waals surface area contributed by atoms with Gasteiger partial charge >= 0.3 is 5.97 Å². The van der Waals surface area contributed by atoms with Crippen LogP contribution in [0.15, 0.2) is 36.4 Å². The van der Waals surface area contributed by atoms with E-state index < -0.39 is 5.97 Å². The number of fused-ring (bicyclic) bond motifs is 1. The summed E-state index contributed by atoms with van der Waals surface area (Å²) in [5, 5.41) is 8.89. The molecule has 1 aliphatic heterocycles. The van der Waals surface area contributed by atoms with Crippen molar-refractivity contribution in [3.63, 3.8) is 0 Å². The lowest BCUT2D eigenvalue weighted by molar-refractivity contribution is -0.122. The van der Waals surface area contributed by atoms with Crippen molar-refractivity contribution in [2.45, 2.75) is 13.3 Å². The minimum Gasteiger partial charge on any atom is -0.478 e. The number of imide groups is 1. The fraction of sp³-hybridized carbons (Fsp3) is 0.312. The molecule has 2 amide bonds. The van der Waals surface area contributed by atoms with Gasteiger partial charge in [-0.1, -0.05) is 19.1 Å². The number of hydrogen-bond donors (Lipinski definition) is 1. The third kappa shape index (κ3) is 2.05. The Kier molecular flexibility index (Phi) is 3.12. The molecule has 1 aromatic carbocycles. The Balaban J connectivity index is 1.94. The van der Waals surface area contributed by atoms with Crippen LogP contribution in [0.25, 0.3) is 0 Å². The van der Waals surface area contributed by atoms with E-state index in [2.05, 4.69) is 0 Å². The molecule has 3 rings (SSSR count). The predicted molar refractivity (Wildman–Crippen MR) is 75.8 cm³/mol. The topological polar surface area (TPSA) is 74.7 Å². The Morgan fingerprint density at radius 1 is 1.19 bits per heavy atom. The van der Waals surface area contributed by atoms with Crippen LogP contribution in [0.5, 0.6) is 0 Å². The highest BCUT2D eigenvalue weighted by atomic mass is 16.4. The van der Waals surface area contributed by atoms with Crippen LogP contribution in [0, 0.1) is 17.8 Å². The fourth-order valence-corrected chi connectivity index (χ4v) is 3.16. The van der Waals surface area contributed by atoms with Gasteiger partial charge in [0, 0.05) is 0 Å². The lowest BCUT2D eigenvalue weighted by Gasteiger charge is -2.22. The van der Waals surface area contributed by atoms with Gasteiger partial charge in [0.25, 0.3) is 0 Å². The highest BCUT2D eigenvalue weighted by Gasteiger charge is 2.50. The van der Waals surface area contributed by atoms with Crippen molar-refractivity contribution in [3.05, 3.63) is 42.0 Å². The Morgan fingerprint density at radius 3 is 2.43 bits per heavy atom. The Labute approximate surface area is 121 Å². The van der Waals surface area contributed by atoms with Crippen molar-refractivity contribution in [1.82, 2.24) is 0 Å². The van der Waals surface area contributed by atoms with Crippen molar-refractivity contribution >= 4 is 23.5 Å². The van der Waals surface area contributed by atoms with E-state index in [0.29, 0.717) is 12.1 Å². The van der Waals surface area contributed by atoms with Gasteiger partial charge in [-0.2, -0.15) is 0 Å². The van der Waals surface area contributed by atoms with Gasteiger partial charge in [-0.15, -0.1) is 0 Å². The molecular formula is C16H15NO4. The molecule has 0 radical (unpaired) electrons. The molecule has 0 bridgehead atoms. The maximum Gasteiger partial charge on any atom is 0.335 e. The van der Waals surface area contributed by atoms with E-state index in [1.165, 1.54) is 29.2 Å². The summed E-state index contributed by atoms with van der Waals surface area (Å²) in [7, 11) is 0. The number of carboxylic acids is 1. The molecule has 1 aromatic rings. The monoisotopic (exact) mass is 285 g/mol. The van der Waals surface area contributed by atoms with Gasteiger partial charge in [-0.3, -0.25) is 14.5 Å². The van der Waals surface area contributed by atoms with Crippen molar-refractivity contribution in [1.29, 1.82) is 0 Å². The summed E-state index contributed by atoms with van der Waals surface area (Å²) in [5.41, 5.74) is 0.571. The van der Waals surface area contributed by atoms with E-state index >= 15 is 0 Å². The average Bonchev–Trinajstić information content (AvgIpc) is 2.72. The molecule has 0 spiro atoms. The molecule has 1 saturated heterocycles. The van der Waals surface area contributed by atoms with E-state index in [1.54, 1.807) is 0 Å². The number of amides is 2. The van der Waals surface area contributed by atoms with E-state index in [1.807, 2.05) is 19.1 Å². The Morgan fingerprint density at radius 2 is 1.86 bits per heavy atom. The van der Waals surface area contributed by atoms with Gasteiger partial charge in [0.05, 0.1) is 23.1 Å². The van der Waals surface area contributed by atoms with Gasteiger partial charge in [0.2, 0.25) is 11.8 Å². The van der Waals surface area contributed by atoms with Gasteiger partial charge in [-0.25, -0.2) is 4.79 Å². The first-order valence-electron chi connectivity index (χ1n) is 6.88. The summed E-state index contributed by atoms with van der Waals surface area (Å²) in [4.78, 5) is 37.1. The third-order valence-electron chi connectivity index (χ3n) is 4.25. The van der Waals surface area contributed by atoms with Crippen molar-refractivity contribution in [3.8, 4) is 0 Å². The van der Waals surface area contributed by atoms with Gasteiger partial charge in [0.1, 0.15) is 0 Å². The predicted octanol–water partition coefficient (Wildman–Crippen LogP) is 2.09. The summed E-state index contributed by atoms with van der Waals surface area (Å²) in [6.07, 6.45) is 4.51. The summed E-state index contributed by atoms with van der Waals surface area (Å²) in [6.45, 7) is 1.94. The summed E-state index contributed by atoms with van der Waals surface area (Å²) < 4.78 is 0. The highest BCUT2D eigenvalue weighted by molar-refractivity contribution is 6.22. The number of carboxylic acid groups (broad SMARTS) is 1. The molecule has 5 heteroatoms. The number of benzene rings is 1. The van der Waals surface area contributed by atoms with Crippen LogP contribution in [0.4, 0.5) is 5.69 Å². The second-order valence-corrected chi connectivity index (χ2v) is 5.52. The first kappa shape index (κ1) is 13.5. The quantitative estimate of drug-likeness (QED) is 0.667. The number of anilines is 1. The summed E-state index contributed by atoms with van der Waals surface area (Å²) >= 11 is 0. The fourth-order valence-electron chi connectivity index (χ4n) is 3.16. The van der Waals surface area contributed by atoms with Crippen molar-refractivity contribution < 1.29 is 19.5 Å². The van der Waals surface area contributed by atoms with Crippen LogP contribution in [-0.2, 0) is 9.59 Å². The van der Waals surface area contributed by atoms with Crippen LogP contribution in [0.3, 0.4) is 0 Å². The van der Waals surface area contributed by atoms with Crippen molar-refractivity contribution in [2.24, 2.45) is 17.8 Å². The molecule has 2 aliphatic rings. The minimum absolute atomic E-state index is 0.0449. The third-order valence-corrected chi connectivity index (χ3v) is 4.25. The van der Waals surface area contributed by atoms with E-state index in [0.717, 1.165) is 0 Å². The number of carbonyl (C=O) groups is 3. The van der Waals surface area contributed by atoms with E-state index in [-0.39, 0.29) is 35.1 Å². The minimum atomic E-state index is -1.04. The first-order chi connectivity index (χ1) is 10.0. The van der Waals surface area contributed by atoms with E-state index in [4.69, 9.17) is 5.11 Å². The SMILES string of the molecule is C[C@@H]1C=CC[C@H]2C(=O)N(c3ccc(C(=O)O)cc3)C(=O)[C@@H]12. The Hall–Kier alpha value is -2.43. The number of rotatable bonds is 2. The molecule has 1 heterocycles. The lowest BCUT2D eigenvalue weighted by Crippen LogP contribution is -2.31. The molecular weight excluding hydrogens is 270 g/mol. The van der Waals surface area contributed by atoms with Gasteiger partial charge in [-0.05, 0) is 36.6 Å². The average molecular weight is 285 g/mol. The van der Waals surface area contributed by atoms with Crippen LogP contribution in [0.1, 0.15) is 23.7 Å². The summed E-state index contributed by atoms with van der Waals surface area (Å²) in [5.74, 6) is -1.97. The highest BCUT2D eigenvalue weighted by Crippen LogP contribution is 2.40. The second kappa shape index (κ2) is 4.84. The van der Waals surface area contributed by atoms with Gasteiger partial charge in [0.15, 0.2) is 0 Å². The second-order valence-electron chi connectivity index (χ2n) is 5.52. The smallest absolute Gasteiger partial charge is 0.335 e. The Bertz CT molecular complexity index is 647. The molecule has 108 valence electrons. The number of allylic oxidation sites excluding steroid dienone is 2. The molecule has 0 aromatic heterocycles. The first-order valence-corrected chi connectivity index (χ1v) is 6.88. The number of carbonyl (C=O) groups excluding carboxylic acids is 2. The molecule has 1 N–H and O–H groups in total. The van der Waals surface area contributed by atoms with Crippen LogP contribution < -0.4 is 4.90 Å². The molecule has 3 atom stereocenters. The number of aromatic carboxylic acids is 1. The zero-order valence-electron chi connectivity index (χ0n) is 11.5. The lowest BCUT2D eigenvalue weighted by atomic mass is 9.78. The largest absolute Gasteiger partial charge is 0.478 e. The molecule has 0 saturated carbocycles. The maximum atomic E-state index is 12.5. The maximum absolute atomic E-state index is 12.5. The zero-order valence-corrected chi connectivity index (χ0v) is 11.5. The molecule has 21 heavy (non-hydrogen) atoms. The molecule has 0 unspecified atom stereocenters. The van der Waals surface area contributed by atoms with Gasteiger partial charge < -0.3 is 5.11 Å². The number of nitrogens with zero attached hydrogens (tertiary/aromatic N) is 1. The van der Waals surface area contributed by atoms with Crippen LogP contribution in [-0.4, -0.2) is 22.9 Å². The standard InChI is InChI=1S/C16H15NO4/c1-9-3-2-4-12-13(9)15(19)17(14(12)18)11-7-5-10(6-8-11)16(20)21/h2-3,5-9,12-13H,4H2,1H3,(H,20,21)/t9-,12-,13+/m1/s1. The van der Waals surface area contributed by atoms with E-state index in [9.17, 15) is 14.4 Å². The van der Waals surface area contributed by atoms with Crippen LogP contribution >= 0.6 is 0 Å². The normalized spacial score (nSPS) is 27.9. The van der Waals surface area contributed by atoms with Crippen LogP contribution in [0.2, 0.25) is 0 Å². The summed E-state index contributed by atoms with van der Waals surface area (Å²) in [6, 6.07) is 5.83.